The predicted molar refractivity (Wildman–Crippen MR) is 72.1 cm³/mol. The molecule has 3 heteroatoms. The second-order valence-corrected chi connectivity index (χ2v) is 4.11. The average molecular weight is 245 g/mol. The first-order valence-electron chi connectivity index (χ1n) is 6.00. The third kappa shape index (κ3) is 3.61. The van der Waals surface area contributed by atoms with Gasteiger partial charge in [-0.05, 0) is 37.5 Å². The maximum absolute atomic E-state index is 11.9. The van der Waals surface area contributed by atoms with E-state index in [0.29, 0.717) is 13.2 Å². The van der Waals surface area contributed by atoms with Gasteiger partial charge >= 0.3 is 5.97 Å². The second kappa shape index (κ2) is 6.83. The maximum Gasteiger partial charge on any atom is 0.327 e. The van der Waals surface area contributed by atoms with E-state index in [1.165, 1.54) is 5.56 Å². The molecule has 0 aliphatic heterocycles. The van der Waals surface area contributed by atoms with Crippen LogP contribution in [-0.2, 0) is 9.53 Å². The number of hydrogen-bond donors (Lipinski definition) is 1. The van der Waals surface area contributed by atoms with Gasteiger partial charge < -0.3 is 4.74 Å². The molecule has 96 valence electrons. The van der Waals surface area contributed by atoms with Gasteiger partial charge in [0.25, 0.3) is 0 Å². The van der Waals surface area contributed by atoms with Gasteiger partial charge in [0.05, 0.1) is 13.2 Å². The molecule has 0 saturated heterocycles. The summed E-state index contributed by atoms with van der Waals surface area (Å²) < 4.78 is 5.06. The average Bonchev–Trinajstić information content (AvgIpc) is 2.34. The lowest BCUT2D eigenvalue weighted by molar-refractivity contribution is -0.145. The fraction of sp³-hybridized carbons (Fsp3) is 0.400. The van der Waals surface area contributed by atoms with Gasteiger partial charge in [-0.25, -0.2) is 4.79 Å². The van der Waals surface area contributed by atoms with Crippen molar-refractivity contribution in [2.45, 2.75) is 26.8 Å². The molecule has 0 aliphatic rings. The topological polar surface area (TPSA) is 38.3 Å². The van der Waals surface area contributed by atoms with Crippen LogP contribution in [0, 0.1) is 26.2 Å². The highest BCUT2D eigenvalue weighted by Gasteiger charge is 2.21. The van der Waals surface area contributed by atoms with Crippen LogP contribution in [0.4, 0.5) is 0 Å². The monoisotopic (exact) mass is 245 g/mol. The Hall–Kier alpha value is -1.79. The van der Waals surface area contributed by atoms with Crippen molar-refractivity contribution in [1.29, 1.82) is 0 Å². The Balaban J connectivity index is 2.97. The fourth-order valence-corrected chi connectivity index (χ4v) is 1.67. The number of terminal acetylenes is 1. The molecule has 1 aromatic carbocycles. The molecule has 1 unspecified atom stereocenters. The number of esters is 1. The molecule has 1 aromatic rings. The van der Waals surface area contributed by atoms with Crippen molar-refractivity contribution in [1.82, 2.24) is 5.32 Å². The van der Waals surface area contributed by atoms with Crippen molar-refractivity contribution < 1.29 is 9.53 Å². The zero-order valence-electron chi connectivity index (χ0n) is 11.1. The summed E-state index contributed by atoms with van der Waals surface area (Å²) in [6.45, 7) is 6.53. The predicted octanol–water partition coefficient (Wildman–Crippen LogP) is 2.13. The fourth-order valence-electron chi connectivity index (χ4n) is 1.67. The van der Waals surface area contributed by atoms with E-state index < -0.39 is 6.04 Å². The lowest BCUT2D eigenvalue weighted by Crippen LogP contribution is -2.30. The molecule has 0 saturated carbocycles. The lowest BCUT2D eigenvalue weighted by Gasteiger charge is -2.17. The molecule has 1 N–H and O–H groups in total. The number of ether oxygens (including phenoxy) is 1. The van der Waals surface area contributed by atoms with Gasteiger partial charge in [0, 0.05) is 0 Å². The van der Waals surface area contributed by atoms with Crippen LogP contribution >= 0.6 is 0 Å². The van der Waals surface area contributed by atoms with E-state index in [1.807, 2.05) is 32.0 Å². The van der Waals surface area contributed by atoms with Crippen LogP contribution in [0.25, 0.3) is 0 Å². The van der Waals surface area contributed by atoms with Gasteiger partial charge in [-0.1, -0.05) is 24.1 Å². The standard InChI is InChI=1S/C15H19NO2/c1-5-9-16-14(15(17)18-6-2)13-8-7-11(3)12(4)10-13/h1,7-8,10,14,16H,6,9H2,2-4H3. The molecule has 1 rings (SSSR count). The Kier molecular flexibility index (Phi) is 5.41. The minimum atomic E-state index is -0.500. The zero-order chi connectivity index (χ0) is 13.5. The van der Waals surface area contributed by atoms with E-state index in [2.05, 4.69) is 11.2 Å². The largest absolute Gasteiger partial charge is 0.465 e. The quantitative estimate of drug-likeness (QED) is 0.638. The number of nitrogens with one attached hydrogen (secondary N) is 1. The van der Waals surface area contributed by atoms with E-state index in [9.17, 15) is 4.79 Å². The van der Waals surface area contributed by atoms with Crippen molar-refractivity contribution >= 4 is 5.97 Å². The molecule has 0 amide bonds. The summed E-state index contributed by atoms with van der Waals surface area (Å²) in [4.78, 5) is 11.9. The minimum Gasteiger partial charge on any atom is -0.465 e. The van der Waals surface area contributed by atoms with Gasteiger partial charge in [0.2, 0.25) is 0 Å². The number of aryl methyl sites for hydroxylation is 2. The summed E-state index contributed by atoms with van der Waals surface area (Å²) >= 11 is 0. The van der Waals surface area contributed by atoms with Crippen LogP contribution in [0.1, 0.15) is 29.7 Å². The molecular formula is C15H19NO2. The Labute approximate surface area is 109 Å². The highest BCUT2D eigenvalue weighted by molar-refractivity contribution is 5.77. The van der Waals surface area contributed by atoms with Crippen LogP contribution < -0.4 is 5.32 Å². The summed E-state index contributed by atoms with van der Waals surface area (Å²) in [5.74, 6) is 2.18. The van der Waals surface area contributed by atoms with Gasteiger partial charge in [-0.3, -0.25) is 5.32 Å². The van der Waals surface area contributed by atoms with E-state index in [0.717, 1.165) is 11.1 Å². The molecule has 0 aliphatic carbocycles. The Morgan fingerprint density at radius 3 is 2.72 bits per heavy atom. The molecule has 0 heterocycles. The number of rotatable bonds is 5. The van der Waals surface area contributed by atoms with Gasteiger partial charge in [-0.2, -0.15) is 0 Å². The smallest absolute Gasteiger partial charge is 0.327 e. The molecule has 0 spiro atoms. The van der Waals surface area contributed by atoms with E-state index in [1.54, 1.807) is 6.92 Å². The minimum absolute atomic E-state index is 0.295. The summed E-state index contributed by atoms with van der Waals surface area (Å²) in [6, 6.07) is 5.41. The highest BCUT2D eigenvalue weighted by atomic mass is 16.5. The van der Waals surface area contributed by atoms with Crippen LogP contribution in [0.3, 0.4) is 0 Å². The van der Waals surface area contributed by atoms with Crippen molar-refractivity contribution in [2.75, 3.05) is 13.2 Å². The molecule has 0 bridgehead atoms. The molecule has 3 nitrogen and oxygen atoms in total. The molecule has 0 aromatic heterocycles. The van der Waals surface area contributed by atoms with Gasteiger partial charge in [0.1, 0.15) is 6.04 Å². The summed E-state index contributed by atoms with van der Waals surface area (Å²) in [5, 5.41) is 3.01. The van der Waals surface area contributed by atoms with Gasteiger partial charge in [-0.15, -0.1) is 6.42 Å². The molecule has 0 fully saturated rings. The number of carbonyl (C=O) groups is 1. The SMILES string of the molecule is C#CCNC(C(=O)OCC)c1ccc(C)c(C)c1. The van der Waals surface area contributed by atoms with Crippen molar-refractivity contribution in [3.8, 4) is 12.3 Å². The van der Waals surface area contributed by atoms with E-state index >= 15 is 0 Å². The zero-order valence-corrected chi connectivity index (χ0v) is 11.1. The van der Waals surface area contributed by atoms with Crippen molar-refractivity contribution in [3.05, 3.63) is 34.9 Å². The summed E-state index contributed by atoms with van der Waals surface area (Å²) in [6.07, 6.45) is 5.22. The first-order chi connectivity index (χ1) is 8.60. The molecule has 18 heavy (non-hydrogen) atoms. The van der Waals surface area contributed by atoms with Crippen LogP contribution in [0.2, 0.25) is 0 Å². The number of benzene rings is 1. The Morgan fingerprint density at radius 1 is 1.44 bits per heavy atom. The highest BCUT2D eigenvalue weighted by Crippen LogP contribution is 2.18. The summed E-state index contributed by atoms with van der Waals surface area (Å²) in [7, 11) is 0. The van der Waals surface area contributed by atoms with Crippen molar-refractivity contribution in [2.24, 2.45) is 0 Å². The number of carbonyl (C=O) groups excluding carboxylic acids is 1. The number of hydrogen-bond acceptors (Lipinski definition) is 3. The lowest BCUT2D eigenvalue weighted by atomic mass is 10.0. The second-order valence-electron chi connectivity index (χ2n) is 4.11. The summed E-state index contributed by atoms with van der Waals surface area (Å²) in [5.41, 5.74) is 3.22. The first-order valence-corrected chi connectivity index (χ1v) is 6.00. The van der Waals surface area contributed by atoms with E-state index in [-0.39, 0.29) is 5.97 Å². The third-order valence-electron chi connectivity index (χ3n) is 2.79. The first kappa shape index (κ1) is 14.3. The third-order valence-corrected chi connectivity index (χ3v) is 2.79. The van der Waals surface area contributed by atoms with E-state index in [4.69, 9.17) is 11.2 Å². The molecule has 1 atom stereocenters. The molecular weight excluding hydrogens is 226 g/mol. The maximum atomic E-state index is 11.9. The normalized spacial score (nSPS) is 11.7. The molecule has 0 radical (unpaired) electrons. The Morgan fingerprint density at radius 2 is 2.17 bits per heavy atom. The van der Waals surface area contributed by atoms with Crippen molar-refractivity contribution in [3.63, 3.8) is 0 Å². The van der Waals surface area contributed by atoms with Crippen LogP contribution in [0.15, 0.2) is 18.2 Å². The van der Waals surface area contributed by atoms with Gasteiger partial charge in [0.15, 0.2) is 0 Å². The Bertz CT molecular complexity index is 460. The van der Waals surface area contributed by atoms with Crippen LogP contribution in [0.5, 0.6) is 0 Å². The van der Waals surface area contributed by atoms with Crippen LogP contribution in [-0.4, -0.2) is 19.1 Å².